The number of aryl methyl sites for hydroxylation is 1. The van der Waals surface area contributed by atoms with Crippen molar-refractivity contribution in [2.24, 2.45) is 0 Å². The summed E-state index contributed by atoms with van der Waals surface area (Å²) in [4.78, 5) is 16.3. The number of carbonyl (C=O) groups excluding carboxylic acids is 1. The molecule has 1 N–H and O–H groups in total. The molecule has 1 aromatic carbocycles. The first-order valence-corrected chi connectivity index (χ1v) is 9.58. The number of amides is 1. The second kappa shape index (κ2) is 11.2. The molecule has 0 saturated carbocycles. The van der Waals surface area contributed by atoms with E-state index in [-0.39, 0.29) is 11.9 Å². The van der Waals surface area contributed by atoms with Crippen molar-refractivity contribution in [1.29, 1.82) is 0 Å². The molecule has 4 heteroatoms. The number of methoxy groups -OCH3 is 1. The summed E-state index contributed by atoms with van der Waals surface area (Å²) in [5, 5.41) is 3.09. The highest BCUT2D eigenvalue weighted by Gasteiger charge is 2.08. The Balaban J connectivity index is 1.70. The number of carbonyl (C=O) groups is 1. The van der Waals surface area contributed by atoms with Gasteiger partial charge in [-0.25, -0.2) is 0 Å². The van der Waals surface area contributed by atoms with Gasteiger partial charge in [0.05, 0.1) is 7.11 Å². The summed E-state index contributed by atoms with van der Waals surface area (Å²) < 4.78 is 5.39. The summed E-state index contributed by atoms with van der Waals surface area (Å²) in [6.45, 7) is 4.12. The fourth-order valence-corrected chi connectivity index (χ4v) is 3.08. The third kappa shape index (κ3) is 7.26. The van der Waals surface area contributed by atoms with Crippen molar-refractivity contribution in [2.75, 3.05) is 7.11 Å². The Morgan fingerprint density at radius 1 is 1.26 bits per heavy atom. The van der Waals surface area contributed by atoms with Gasteiger partial charge in [0.25, 0.3) is 0 Å². The van der Waals surface area contributed by atoms with Crippen LogP contribution in [0.5, 0.6) is 5.75 Å². The molecule has 1 aromatic heterocycles. The van der Waals surface area contributed by atoms with E-state index in [0.29, 0.717) is 6.42 Å². The number of rotatable bonds is 10. The summed E-state index contributed by atoms with van der Waals surface area (Å²) in [5.41, 5.74) is 3.45. The Morgan fingerprint density at radius 3 is 2.81 bits per heavy atom. The van der Waals surface area contributed by atoms with Crippen LogP contribution in [-0.2, 0) is 11.2 Å². The normalized spacial score (nSPS) is 12.5. The molecule has 0 radical (unpaired) electrons. The number of aromatic nitrogens is 1. The number of nitrogens with zero attached hydrogens (tertiary/aromatic N) is 1. The lowest BCUT2D eigenvalue weighted by atomic mass is 10.0. The number of pyridine rings is 1. The maximum atomic E-state index is 12.2. The number of ether oxygens (including phenoxy) is 1. The van der Waals surface area contributed by atoms with Gasteiger partial charge in [-0.05, 0) is 62.8 Å². The van der Waals surface area contributed by atoms with Gasteiger partial charge in [-0.3, -0.25) is 9.78 Å². The topological polar surface area (TPSA) is 51.2 Å². The Kier molecular flexibility index (Phi) is 8.56. The summed E-state index contributed by atoms with van der Waals surface area (Å²) >= 11 is 0. The molecule has 1 atom stereocenters. The van der Waals surface area contributed by atoms with Crippen molar-refractivity contribution in [3.63, 3.8) is 0 Å². The molecule has 0 bridgehead atoms. The van der Waals surface area contributed by atoms with Crippen LogP contribution in [0.1, 0.15) is 50.7 Å². The molecule has 2 aromatic rings. The number of benzene rings is 1. The second-order valence-electron chi connectivity index (χ2n) is 6.85. The highest BCUT2D eigenvalue weighted by molar-refractivity contribution is 5.77. The van der Waals surface area contributed by atoms with Crippen LogP contribution in [0.15, 0.2) is 54.9 Å². The second-order valence-corrected chi connectivity index (χ2v) is 6.85. The first kappa shape index (κ1) is 20.7. The molecule has 4 nitrogen and oxygen atoms in total. The van der Waals surface area contributed by atoms with Gasteiger partial charge in [0.2, 0.25) is 5.91 Å². The lowest BCUT2D eigenvalue weighted by Gasteiger charge is -2.13. The van der Waals surface area contributed by atoms with Crippen LogP contribution >= 0.6 is 0 Å². The van der Waals surface area contributed by atoms with Gasteiger partial charge in [0, 0.05) is 30.4 Å². The Labute approximate surface area is 162 Å². The number of nitrogens with one attached hydrogen (secondary N) is 1. The molecule has 144 valence electrons. The molecule has 2 rings (SSSR count). The maximum Gasteiger partial charge on any atom is 0.220 e. The fourth-order valence-electron chi connectivity index (χ4n) is 3.08. The van der Waals surface area contributed by atoms with Crippen LogP contribution < -0.4 is 10.1 Å². The molecule has 27 heavy (non-hydrogen) atoms. The molecule has 0 aliphatic heterocycles. The van der Waals surface area contributed by atoms with Crippen LogP contribution in [0.4, 0.5) is 0 Å². The molecule has 0 fully saturated rings. The van der Waals surface area contributed by atoms with E-state index in [0.717, 1.165) is 42.6 Å². The van der Waals surface area contributed by atoms with Gasteiger partial charge >= 0.3 is 0 Å². The van der Waals surface area contributed by atoms with Gasteiger partial charge in [-0.1, -0.05) is 30.3 Å². The first-order chi connectivity index (χ1) is 13.1. The van der Waals surface area contributed by atoms with E-state index in [4.69, 9.17) is 4.74 Å². The van der Waals surface area contributed by atoms with E-state index in [2.05, 4.69) is 36.3 Å². The highest BCUT2D eigenvalue weighted by Crippen LogP contribution is 2.25. The van der Waals surface area contributed by atoms with Crippen molar-refractivity contribution >= 4 is 11.5 Å². The maximum absolute atomic E-state index is 12.2. The average molecular weight is 367 g/mol. The molecule has 0 saturated heterocycles. The molecular formula is C23H30N2O2. The Bertz CT molecular complexity index is 741. The predicted octanol–water partition coefficient (Wildman–Crippen LogP) is 4.80. The van der Waals surface area contributed by atoms with Crippen molar-refractivity contribution in [1.82, 2.24) is 10.3 Å². The summed E-state index contributed by atoms with van der Waals surface area (Å²) in [5.74, 6) is 0.964. The van der Waals surface area contributed by atoms with E-state index in [1.165, 1.54) is 5.56 Å². The van der Waals surface area contributed by atoms with Gasteiger partial charge in [-0.15, -0.1) is 0 Å². The Hall–Kier alpha value is -2.62. The lowest BCUT2D eigenvalue weighted by molar-refractivity contribution is -0.121. The van der Waals surface area contributed by atoms with Crippen LogP contribution in [0, 0.1) is 0 Å². The SMILES string of the molecule is COc1ccccc1C(C)=CCCC(=O)NC(C)CCCc1cccnc1. The fraction of sp³-hybridized carbons (Fsp3) is 0.391. The number of hydrogen-bond donors (Lipinski definition) is 1. The minimum absolute atomic E-state index is 0.105. The van der Waals surface area contributed by atoms with E-state index >= 15 is 0 Å². The Morgan fingerprint density at radius 2 is 2.07 bits per heavy atom. The number of para-hydroxylation sites is 1. The molecule has 1 amide bonds. The van der Waals surface area contributed by atoms with E-state index < -0.39 is 0 Å². The molecule has 0 aliphatic rings. The van der Waals surface area contributed by atoms with Gasteiger partial charge in [-0.2, -0.15) is 0 Å². The quantitative estimate of drug-likeness (QED) is 0.657. The first-order valence-electron chi connectivity index (χ1n) is 9.58. The molecule has 0 aliphatic carbocycles. The van der Waals surface area contributed by atoms with E-state index in [9.17, 15) is 4.79 Å². The van der Waals surface area contributed by atoms with Gasteiger partial charge in [0.1, 0.15) is 5.75 Å². The van der Waals surface area contributed by atoms with Crippen LogP contribution in [0.2, 0.25) is 0 Å². The highest BCUT2D eigenvalue weighted by atomic mass is 16.5. The van der Waals surface area contributed by atoms with Crippen molar-refractivity contribution in [3.8, 4) is 5.75 Å². The zero-order valence-electron chi connectivity index (χ0n) is 16.6. The smallest absolute Gasteiger partial charge is 0.220 e. The monoisotopic (exact) mass is 366 g/mol. The third-order valence-corrected chi connectivity index (χ3v) is 4.59. The zero-order chi connectivity index (χ0) is 19.5. The van der Waals surface area contributed by atoms with Crippen molar-refractivity contribution < 1.29 is 9.53 Å². The standard InChI is InChI=1S/C23H30N2O2/c1-18(21-13-4-5-14-22(21)27-3)9-6-15-23(26)25-19(2)10-7-11-20-12-8-16-24-17-20/h4-5,8-9,12-14,16-17,19H,6-7,10-11,15H2,1-3H3,(H,25,26). The minimum Gasteiger partial charge on any atom is -0.496 e. The molecular weight excluding hydrogens is 336 g/mol. The average Bonchev–Trinajstić information content (AvgIpc) is 2.68. The largest absolute Gasteiger partial charge is 0.496 e. The van der Waals surface area contributed by atoms with E-state index in [1.54, 1.807) is 13.3 Å². The summed E-state index contributed by atoms with van der Waals surface area (Å²) in [6, 6.07) is 12.2. The number of hydrogen-bond acceptors (Lipinski definition) is 3. The third-order valence-electron chi connectivity index (χ3n) is 4.59. The number of allylic oxidation sites excluding steroid dienone is 2. The predicted molar refractivity (Wildman–Crippen MR) is 111 cm³/mol. The van der Waals surface area contributed by atoms with Gasteiger partial charge in [0.15, 0.2) is 0 Å². The molecule has 1 heterocycles. The zero-order valence-corrected chi connectivity index (χ0v) is 16.6. The molecule has 0 spiro atoms. The van der Waals surface area contributed by atoms with E-state index in [1.807, 2.05) is 36.5 Å². The van der Waals surface area contributed by atoms with Crippen LogP contribution in [0.3, 0.4) is 0 Å². The lowest BCUT2D eigenvalue weighted by Crippen LogP contribution is -2.32. The van der Waals surface area contributed by atoms with Gasteiger partial charge < -0.3 is 10.1 Å². The molecule has 1 unspecified atom stereocenters. The van der Waals surface area contributed by atoms with Crippen LogP contribution in [-0.4, -0.2) is 24.0 Å². The van der Waals surface area contributed by atoms with Crippen molar-refractivity contribution in [3.05, 3.63) is 66.0 Å². The van der Waals surface area contributed by atoms with Crippen LogP contribution in [0.25, 0.3) is 5.57 Å². The summed E-state index contributed by atoms with van der Waals surface area (Å²) in [6.07, 6.45) is 10.0. The minimum atomic E-state index is 0.105. The van der Waals surface area contributed by atoms with Crippen molar-refractivity contribution in [2.45, 2.75) is 52.0 Å². The summed E-state index contributed by atoms with van der Waals surface area (Å²) in [7, 11) is 1.68.